The van der Waals surface area contributed by atoms with E-state index >= 15 is 0 Å². The van der Waals surface area contributed by atoms with Crippen molar-refractivity contribution in [3.8, 4) is 0 Å². The van der Waals surface area contributed by atoms with Crippen molar-refractivity contribution >= 4 is 48.2 Å². The van der Waals surface area contributed by atoms with Crippen molar-refractivity contribution in [2.45, 2.75) is 33.4 Å². The standard InChI is InChI=1S/C31H40F3N9O/c1-8-43(9-2)30-36-15-14-25(40-30)28(37-20-35-4)39-26-18-22(11-10-21(26)3)29(44)38-23-12-13-27(24(19-23)31(32,33)34)42(7)17-16-41(5)6/h10-13,15,18-20,39H,4,8-9,14,16-17H2,1-3,5-7H3,(H,38,44)/b28-25-,37-20-. The molecule has 44 heavy (non-hydrogen) atoms. The van der Waals surface area contributed by atoms with Gasteiger partial charge in [-0.2, -0.15) is 13.2 Å². The van der Waals surface area contributed by atoms with Gasteiger partial charge in [0.05, 0.1) is 11.3 Å². The third-order valence-corrected chi connectivity index (χ3v) is 6.92. The Morgan fingerprint density at radius 1 is 1.07 bits per heavy atom. The Balaban J connectivity index is 1.91. The SMILES string of the molecule is C=N/C=N\C(Nc1cc(C(=O)Nc2ccc(N(C)CCN(C)C)c(C(F)(F)F)c2)ccc1C)=C1/CC=NC(N(CC)CC)=N1. The van der Waals surface area contributed by atoms with Crippen molar-refractivity contribution in [2.75, 3.05) is 62.9 Å². The predicted octanol–water partition coefficient (Wildman–Crippen LogP) is 5.75. The van der Waals surface area contributed by atoms with Gasteiger partial charge in [0, 0.05) is 68.5 Å². The first kappa shape index (κ1) is 34.0. The molecular weight excluding hydrogens is 571 g/mol. The number of carbonyl (C=O) groups excluding carboxylic acids is 1. The van der Waals surface area contributed by atoms with Crippen molar-refractivity contribution in [2.24, 2.45) is 20.0 Å². The molecular formula is C31H40F3N9O. The van der Waals surface area contributed by atoms with Crippen LogP contribution < -0.4 is 15.5 Å². The highest BCUT2D eigenvalue weighted by Gasteiger charge is 2.35. The highest BCUT2D eigenvalue weighted by molar-refractivity contribution is 6.05. The number of carbonyl (C=O) groups is 1. The highest BCUT2D eigenvalue weighted by Crippen LogP contribution is 2.38. The van der Waals surface area contributed by atoms with Crippen LogP contribution in [-0.4, -0.2) is 88.3 Å². The van der Waals surface area contributed by atoms with Crippen LogP contribution in [0.3, 0.4) is 0 Å². The summed E-state index contributed by atoms with van der Waals surface area (Å²) in [4.78, 5) is 35.9. The molecule has 0 bridgehead atoms. The number of likely N-dealkylation sites (N-methyl/N-ethyl adjacent to an activating group) is 2. The van der Waals surface area contributed by atoms with Crippen LogP contribution in [0, 0.1) is 6.92 Å². The number of rotatable bonds is 12. The zero-order valence-corrected chi connectivity index (χ0v) is 26.0. The van der Waals surface area contributed by atoms with Crippen molar-refractivity contribution in [1.82, 2.24) is 9.80 Å². The lowest BCUT2D eigenvalue weighted by atomic mass is 10.1. The van der Waals surface area contributed by atoms with Crippen LogP contribution in [0.5, 0.6) is 0 Å². The highest BCUT2D eigenvalue weighted by atomic mass is 19.4. The molecule has 13 heteroatoms. The minimum Gasteiger partial charge on any atom is -0.373 e. The number of amides is 1. The Kier molecular flexibility index (Phi) is 11.8. The molecule has 1 amide bonds. The average molecular weight is 612 g/mol. The topological polar surface area (TPSA) is 100 Å². The number of nitrogens with one attached hydrogen (secondary N) is 2. The molecule has 0 atom stereocenters. The summed E-state index contributed by atoms with van der Waals surface area (Å²) in [5.74, 6) is 0.403. The molecule has 0 saturated heterocycles. The van der Waals surface area contributed by atoms with Gasteiger partial charge in [0.1, 0.15) is 6.34 Å². The fourth-order valence-corrected chi connectivity index (χ4v) is 4.37. The monoisotopic (exact) mass is 611 g/mol. The van der Waals surface area contributed by atoms with E-state index in [1.165, 1.54) is 18.5 Å². The zero-order chi connectivity index (χ0) is 32.4. The van der Waals surface area contributed by atoms with Crippen LogP contribution in [-0.2, 0) is 6.18 Å². The van der Waals surface area contributed by atoms with E-state index in [1.54, 1.807) is 36.4 Å². The number of halogens is 3. The number of hydrogen-bond donors (Lipinski definition) is 2. The summed E-state index contributed by atoms with van der Waals surface area (Å²) in [5, 5.41) is 5.86. The first-order valence-corrected chi connectivity index (χ1v) is 14.2. The largest absolute Gasteiger partial charge is 0.418 e. The molecule has 0 saturated carbocycles. The maximum absolute atomic E-state index is 14.0. The van der Waals surface area contributed by atoms with E-state index in [0.29, 0.717) is 42.7 Å². The number of alkyl halides is 3. The summed E-state index contributed by atoms with van der Waals surface area (Å²) in [6, 6.07) is 8.77. The summed E-state index contributed by atoms with van der Waals surface area (Å²) in [5.41, 5.74) is 1.48. The van der Waals surface area contributed by atoms with Crippen LogP contribution in [0.1, 0.15) is 41.8 Å². The second-order valence-corrected chi connectivity index (χ2v) is 10.4. The van der Waals surface area contributed by atoms with E-state index in [2.05, 4.69) is 32.3 Å². The smallest absolute Gasteiger partial charge is 0.373 e. The summed E-state index contributed by atoms with van der Waals surface area (Å²) in [7, 11) is 5.32. The second kappa shape index (κ2) is 15.3. The van der Waals surface area contributed by atoms with Gasteiger partial charge in [-0.05, 0) is 77.5 Å². The molecule has 0 spiro atoms. The fourth-order valence-electron chi connectivity index (χ4n) is 4.37. The molecule has 1 heterocycles. The van der Waals surface area contributed by atoms with Crippen LogP contribution in [0.4, 0.5) is 30.2 Å². The molecule has 3 rings (SSSR count). The van der Waals surface area contributed by atoms with Crippen molar-refractivity contribution in [3.63, 3.8) is 0 Å². The molecule has 0 fully saturated rings. The minimum atomic E-state index is -4.61. The lowest BCUT2D eigenvalue weighted by Crippen LogP contribution is -2.30. The van der Waals surface area contributed by atoms with Crippen molar-refractivity contribution in [3.05, 3.63) is 64.6 Å². The van der Waals surface area contributed by atoms with Crippen LogP contribution in [0.15, 0.2) is 67.9 Å². The van der Waals surface area contributed by atoms with Crippen LogP contribution >= 0.6 is 0 Å². The lowest BCUT2D eigenvalue weighted by molar-refractivity contribution is -0.137. The van der Waals surface area contributed by atoms with E-state index < -0.39 is 17.6 Å². The normalized spacial score (nSPS) is 14.5. The van der Waals surface area contributed by atoms with Gasteiger partial charge in [0.2, 0.25) is 5.96 Å². The van der Waals surface area contributed by atoms with Gasteiger partial charge in [-0.3, -0.25) is 9.79 Å². The lowest BCUT2D eigenvalue weighted by Gasteiger charge is -2.25. The predicted molar refractivity (Wildman–Crippen MR) is 175 cm³/mol. The minimum absolute atomic E-state index is 0.0337. The summed E-state index contributed by atoms with van der Waals surface area (Å²) in [6.45, 7) is 11.8. The number of aryl methyl sites for hydroxylation is 1. The number of benzene rings is 2. The third kappa shape index (κ3) is 8.99. The zero-order valence-electron chi connectivity index (χ0n) is 26.0. The van der Waals surface area contributed by atoms with Crippen LogP contribution in [0.2, 0.25) is 0 Å². The van der Waals surface area contributed by atoms with E-state index in [-0.39, 0.29) is 16.9 Å². The molecule has 2 N–H and O–H groups in total. The number of anilines is 3. The number of hydrogen-bond acceptors (Lipinski definition) is 8. The van der Waals surface area contributed by atoms with E-state index in [1.807, 2.05) is 44.7 Å². The summed E-state index contributed by atoms with van der Waals surface area (Å²) < 4.78 is 42.0. The molecule has 0 radical (unpaired) electrons. The van der Waals surface area contributed by atoms with Crippen LogP contribution in [0.25, 0.3) is 0 Å². The first-order chi connectivity index (χ1) is 20.9. The van der Waals surface area contributed by atoms with Gasteiger partial charge >= 0.3 is 6.18 Å². The van der Waals surface area contributed by atoms with Gasteiger partial charge in [0.25, 0.3) is 5.91 Å². The Hall–Kier alpha value is -4.52. The quantitative estimate of drug-likeness (QED) is 0.235. The second-order valence-electron chi connectivity index (χ2n) is 10.4. The summed E-state index contributed by atoms with van der Waals surface area (Å²) >= 11 is 0. The van der Waals surface area contributed by atoms with Gasteiger partial charge < -0.3 is 25.3 Å². The van der Waals surface area contributed by atoms with Gasteiger partial charge in [-0.15, -0.1) is 0 Å². The van der Waals surface area contributed by atoms with Gasteiger partial charge in [-0.1, -0.05) is 6.07 Å². The Bertz CT molecular complexity index is 1460. The van der Waals surface area contributed by atoms with Gasteiger partial charge in [-0.25, -0.2) is 15.0 Å². The molecule has 2 aromatic rings. The molecule has 1 aliphatic heterocycles. The average Bonchev–Trinajstić information content (AvgIpc) is 2.99. The molecule has 10 nitrogen and oxygen atoms in total. The van der Waals surface area contributed by atoms with Crippen molar-refractivity contribution < 1.29 is 18.0 Å². The van der Waals surface area contributed by atoms with E-state index in [4.69, 9.17) is 4.99 Å². The third-order valence-electron chi connectivity index (χ3n) is 6.92. The number of aliphatic imine (C=N–C) groups is 4. The maximum Gasteiger partial charge on any atom is 0.418 e. The Morgan fingerprint density at radius 2 is 1.80 bits per heavy atom. The molecule has 0 unspecified atom stereocenters. The van der Waals surface area contributed by atoms with Crippen molar-refractivity contribution in [1.29, 1.82) is 0 Å². The molecule has 2 aromatic carbocycles. The fraction of sp³-hybridized carbons (Fsp3) is 0.387. The molecule has 0 aromatic heterocycles. The Morgan fingerprint density at radius 3 is 2.43 bits per heavy atom. The molecule has 236 valence electrons. The maximum atomic E-state index is 14.0. The Labute approximate surface area is 256 Å². The number of nitrogens with zero attached hydrogens (tertiary/aromatic N) is 7. The summed E-state index contributed by atoms with van der Waals surface area (Å²) in [6.07, 6.45) is -1.14. The number of guanidine groups is 1. The van der Waals surface area contributed by atoms with E-state index in [9.17, 15) is 18.0 Å². The molecule has 0 aliphatic carbocycles. The first-order valence-electron chi connectivity index (χ1n) is 14.2. The molecule has 1 aliphatic rings. The van der Waals surface area contributed by atoms with E-state index in [0.717, 1.165) is 24.7 Å². The van der Waals surface area contributed by atoms with Gasteiger partial charge in [0.15, 0.2) is 5.82 Å². The number of allylic oxidation sites excluding steroid dienone is 1.